The Kier molecular flexibility index (Phi) is 10.8. The Labute approximate surface area is 105 Å². The molecule has 2 atom stereocenters. The Hall–Kier alpha value is -0.190. The SMILES string of the molecule is CC.CN1CCC(CCO)C1.FC1CCNC1. The summed E-state index contributed by atoms with van der Waals surface area (Å²) in [6.07, 6.45) is 2.41. The van der Waals surface area contributed by atoms with Crippen molar-refractivity contribution in [1.29, 1.82) is 0 Å². The topological polar surface area (TPSA) is 35.5 Å². The fourth-order valence-corrected chi connectivity index (χ4v) is 2.06. The monoisotopic (exact) mass is 248 g/mol. The van der Waals surface area contributed by atoms with Crippen molar-refractivity contribution in [2.24, 2.45) is 5.92 Å². The second kappa shape index (κ2) is 10.9. The summed E-state index contributed by atoms with van der Waals surface area (Å²) in [5.74, 6) is 0.764. The van der Waals surface area contributed by atoms with Crippen LogP contribution in [0.1, 0.15) is 33.1 Å². The summed E-state index contributed by atoms with van der Waals surface area (Å²) in [5, 5.41) is 11.5. The van der Waals surface area contributed by atoms with E-state index in [4.69, 9.17) is 5.11 Å². The largest absolute Gasteiger partial charge is 0.396 e. The molecule has 0 radical (unpaired) electrons. The number of likely N-dealkylation sites (tertiary alicyclic amines) is 1. The van der Waals surface area contributed by atoms with Crippen molar-refractivity contribution >= 4 is 0 Å². The van der Waals surface area contributed by atoms with Gasteiger partial charge in [-0.1, -0.05) is 13.8 Å². The number of halogens is 1. The van der Waals surface area contributed by atoms with Crippen molar-refractivity contribution in [3.63, 3.8) is 0 Å². The van der Waals surface area contributed by atoms with Gasteiger partial charge in [0.15, 0.2) is 0 Å². The summed E-state index contributed by atoms with van der Waals surface area (Å²) in [5.41, 5.74) is 0. The van der Waals surface area contributed by atoms with Gasteiger partial charge in [0.25, 0.3) is 0 Å². The summed E-state index contributed by atoms with van der Waals surface area (Å²) in [6.45, 7) is 8.19. The van der Waals surface area contributed by atoms with Crippen LogP contribution in [0.25, 0.3) is 0 Å². The van der Waals surface area contributed by atoms with Crippen LogP contribution in [0.3, 0.4) is 0 Å². The highest BCUT2D eigenvalue weighted by Crippen LogP contribution is 2.16. The number of aliphatic hydroxyl groups is 1. The highest BCUT2D eigenvalue weighted by Gasteiger charge is 2.17. The van der Waals surface area contributed by atoms with Gasteiger partial charge in [0.05, 0.1) is 0 Å². The van der Waals surface area contributed by atoms with Crippen molar-refractivity contribution < 1.29 is 9.50 Å². The third-order valence-corrected chi connectivity index (χ3v) is 3.03. The fraction of sp³-hybridized carbons (Fsp3) is 1.00. The zero-order valence-electron chi connectivity index (χ0n) is 11.6. The number of nitrogens with zero attached hydrogens (tertiary/aromatic N) is 1. The predicted molar refractivity (Wildman–Crippen MR) is 71.0 cm³/mol. The molecule has 4 heteroatoms. The fourth-order valence-electron chi connectivity index (χ4n) is 2.06. The molecule has 3 nitrogen and oxygen atoms in total. The van der Waals surface area contributed by atoms with E-state index in [0.717, 1.165) is 18.9 Å². The molecule has 2 N–H and O–H groups in total. The molecule has 0 bridgehead atoms. The summed E-state index contributed by atoms with van der Waals surface area (Å²) in [7, 11) is 2.14. The lowest BCUT2D eigenvalue weighted by Crippen LogP contribution is -2.14. The van der Waals surface area contributed by atoms with Gasteiger partial charge in [-0.3, -0.25) is 0 Å². The zero-order chi connectivity index (χ0) is 13.1. The smallest absolute Gasteiger partial charge is 0.114 e. The molecule has 0 aromatic carbocycles. The van der Waals surface area contributed by atoms with Crippen LogP contribution in [0.5, 0.6) is 0 Å². The third kappa shape index (κ3) is 8.52. The van der Waals surface area contributed by atoms with Crippen molar-refractivity contribution in [2.75, 3.05) is 39.8 Å². The van der Waals surface area contributed by atoms with Gasteiger partial charge < -0.3 is 15.3 Å². The number of hydrogen-bond donors (Lipinski definition) is 2. The van der Waals surface area contributed by atoms with E-state index in [-0.39, 0.29) is 0 Å². The number of alkyl halides is 1. The van der Waals surface area contributed by atoms with E-state index in [0.29, 0.717) is 19.6 Å². The molecule has 2 heterocycles. The molecule has 2 rings (SSSR count). The summed E-state index contributed by atoms with van der Waals surface area (Å²) >= 11 is 0. The molecule has 2 fully saturated rings. The Balaban J connectivity index is 0.000000278. The molecule has 2 aliphatic heterocycles. The van der Waals surface area contributed by atoms with Crippen LogP contribution in [0, 0.1) is 5.92 Å². The summed E-state index contributed by atoms with van der Waals surface area (Å²) in [4.78, 5) is 2.32. The average Bonchev–Trinajstić information content (AvgIpc) is 2.95. The molecule has 17 heavy (non-hydrogen) atoms. The van der Waals surface area contributed by atoms with E-state index in [1.54, 1.807) is 0 Å². The van der Waals surface area contributed by atoms with Gasteiger partial charge >= 0.3 is 0 Å². The minimum absolute atomic E-state index is 0.360. The second-order valence-electron chi connectivity index (χ2n) is 4.52. The number of rotatable bonds is 2. The molecule has 104 valence electrons. The number of aliphatic hydroxyl groups excluding tert-OH is 1. The maximum absolute atomic E-state index is 11.9. The van der Waals surface area contributed by atoms with E-state index in [2.05, 4.69) is 17.3 Å². The van der Waals surface area contributed by atoms with Crippen molar-refractivity contribution in [2.45, 2.75) is 39.3 Å². The van der Waals surface area contributed by atoms with Crippen LogP contribution < -0.4 is 5.32 Å². The molecule has 0 aliphatic carbocycles. The van der Waals surface area contributed by atoms with Crippen molar-refractivity contribution in [3.05, 3.63) is 0 Å². The van der Waals surface area contributed by atoms with E-state index in [1.165, 1.54) is 19.5 Å². The average molecular weight is 248 g/mol. The standard InChI is InChI=1S/C7H15NO.C4H8FN.C2H6/c1-8-4-2-7(6-8)3-5-9;5-4-1-2-6-3-4;1-2/h7,9H,2-6H2,1H3;4,6H,1-3H2;1-2H3. The van der Waals surface area contributed by atoms with Gasteiger partial charge in [-0.05, 0) is 45.3 Å². The van der Waals surface area contributed by atoms with Crippen LogP contribution in [-0.2, 0) is 0 Å². The lowest BCUT2D eigenvalue weighted by molar-refractivity contribution is 0.256. The first kappa shape index (κ1) is 16.8. The van der Waals surface area contributed by atoms with E-state index < -0.39 is 6.17 Å². The highest BCUT2D eigenvalue weighted by molar-refractivity contribution is 4.72. The Morgan fingerprint density at radius 1 is 1.35 bits per heavy atom. The molecule has 2 unspecified atom stereocenters. The van der Waals surface area contributed by atoms with Crippen LogP contribution in [0.4, 0.5) is 4.39 Å². The summed E-state index contributed by atoms with van der Waals surface area (Å²) < 4.78 is 11.9. The predicted octanol–water partition coefficient (Wildman–Crippen LogP) is 1.66. The molecule has 0 spiro atoms. The normalized spacial score (nSPS) is 28.1. The molecule has 0 aromatic rings. The van der Waals surface area contributed by atoms with Gasteiger partial charge in [0, 0.05) is 19.7 Å². The van der Waals surface area contributed by atoms with Crippen LogP contribution in [0.2, 0.25) is 0 Å². The minimum atomic E-state index is -0.565. The second-order valence-corrected chi connectivity index (χ2v) is 4.52. The first-order valence-electron chi connectivity index (χ1n) is 6.86. The van der Waals surface area contributed by atoms with Crippen molar-refractivity contribution in [3.8, 4) is 0 Å². The van der Waals surface area contributed by atoms with Crippen LogP contribution in [0.15, 0.2) is 0 Å². The highest BCUT2D eigenvalue weighted by atomic mass is 19.1. The van der Waals surface area contributed by atoms with E-state index >= 15 is 0 Å². The molecule has 0 amide bonds. The Morgan fingerprint density at radius 3 is 2.35 bits per heavy atom. The first-order valence-corrected chi connectivity index (χ1v) is 6.86. The maximum atomic E-state index is 11.9. The molecule has 2 saturated heterocycles. The van der Waals surface area contributed by atoms with Crippen molar-refractivity contribution in [1.82, 2.24) is 10.2 Å². The first-order chi connectivity index (χ1) is 8.22. The van der Waals surface area contributed by atoms with Gasteiger partial charge in [0.2, 0.25) is 0 Å². The van der Waals surface area contributed by atoms with Gasteiger partial charge in [0.1, 0.15) is 6.17 Å². The molecular formula is C13H29FN2O. The lowest BCUT2D eigenvalue weighted by Gasteiger charge is -2.07. The number of hydrogen-bond acceptors (Lipinski definition) is 3. The van der Waals surface area contributed by atoms with E-state index in [9.17, 15) is 4.39 Å². The minimum Gasteiger partial charge on any atom is -0.396 e. The Bertz CT molecular complexity index is 161. The van der Waals surface area contributed by atoms with Crippen LogP contribution in [-0.4, -0.2) is 56.0 Å². The lowest BCUT2D eigenvalue weighted by atomic mass is 10.1. The quantitative estimate of drug-likeness (QED) is 0.780. The molecule has 0 saturated carbocycles. The van der Waals surface area contributed by atoms with E-state index in [1.807, 2.05) is 13.8 Å². The zero-order valence-corrected chi connectivity index (χ0v) is 11.6. The van der Waals surface area contributed by atoms with Crippen LogP contribution >= 0.6 is 0 Å². The maximum Gasteiger partial charge on any atom is 0.114 e. The van der Waals surface area contributed by atoms with Gasteiger partial charge in [-0.25, -0.2) is 4.39 Å². The van der Waals surface area contributed by atoms with Gasteiger partial charge in [-0.2, -0.15) is 0 Å². The Morgan fingerprint density at radius 2 is 2.06 bits per heavy atom. The number of nitrogens with one attached hydrogen (secondary N) is 1. The molecule has 0 aromatic heterocycles. The van der Waals surface area contributed by atoms with Gasteiger partial charge in [-0.15, -0.1) is 0 Å². The molecule has 2 aliphatic rings. The molecular weight excluding hydrogens is 219 g/mol. The third-order valence-electron chi connectivity index (χ3n) is 3.03. The summed E-state index contributed by atoms with van der Waals surface area (Å²) in [6, 6.07) is 0.